The molecule has 2 fully saturated rings. The van der Waals surface area contributed by atoms with E-state index >= 15 is 0 Å². The molecule has 3 unspecified atom stereocenters. The lowest BCUT2D eigenvalue weighted by atomic mass is 9.85. The number of rotatable bonds is 7. The summed E-state index contributed by atoms with van der Waals surface area (Å²) in [5.74, 6) is 1.38. The first-order valence-corrected chi connectivity index (χ1v) is 12.3. The van der Waals surface area contributed by atoms with E-state index in [0.717, 1.165) is 19.4 Å². The largest absolute Gasteiger partial charge is 0.388 e. The van der Waals surface area contributed by atoms with Crippen molar-refractivity contribution in [1.82, 2.24) is 10.4 Å². The highest BCUT2D eigenvalue weighted by atomic mass is 16.7. The molecule has 4 atom stereocenters. The maximum atomic E-state index is 6.16. The van der Waals surface area contributed by atoms with E-state index in [9.17, 15) is 0 Å². The third-order valence-corrected chi connectivity index (χ3v) is 6.97. The average Bonchev–Trinajstić information content (AvgIpc) is 3.22. The molecule has 2 aromatic carbocycles. The van der Waals surface area contributed by atoms with Crippen LogP contribution in [-0.4, -0.2) is 43.9 Å². The second-order valence-corrected chi connectivity index (χ2v) is 9.86. The Labute approximate surface area is 200 Å². The number of benzene rings is 2. The topological polar surface area (TPSA) is 33.7 Å². The summed E-state index contributed by atoms with van der Waals surface area (Å²) < 4.78 is 4.25. The van der Waals surface area contributed by atoms with Crippen molar-refractivity contribution in [3.8, 4) is 0 Å². The number of hydrogen-bond acceptors (Lipinski definition) is 4. The molecule has 1 aliphatic carbocycles. The zero-order valence-electron chi connectivity index (χ0n) is 20.9. The van der Waals surface area contributed by atoms with Gasteiger partial charge in [-0.15, -0.1) is 0 Å². The molecule has 1 saturated carbocycles. The summed E-state index contributed by atoms with van der Waals surface area (Å²) >= 11 is 0. The van der Waals surface area contributed by atoms with Crippen LogP contribution in [0.4, 0.5) is 0 Å². The molecule has 4 heteroatoms. The molecular weight excluding hydrogens is 408 g/mol. The number of ether oxygens (including phenoxy) is 1. The van der Waals surface area contributed by atoms with E-state index in [1.54, 1.807) is 14.2 Å². The number of likely N-dealkylation sites (tertiary alicyclic amines) is 1. The van der Waals surface area contributed by atoms with E-state index in [1.165, 1.54) is 37.1 Å². The molecule has 1 heterocycles. The Morgan fingerprint density at radius 1 is 1.03 bits per heavy atom. The fourth-order valence-corrected chi connectivity index (χ4v) is 5.08. The van der Waals surface area contributed by atoms with Crippen molar-refractivity contribution < 1.29 is 9.57 Å². The number of allylic oxidation sites excluding steroid dienone is 1. The standard InChI is InChI=1S/C27H36N2O.C2H6O/c1-22-21-29(18-16-25(22)14-13-23-9-5-3-6-10-23)26-15-17-27(2,19-26)30-28-20-24-11-7-4-8-12-24;1-3-2/h3-14,22,25-26,28H,15-21H2,1-2H3;1-2H3/b14-13-;/t22?,25-,26?,27?;/m1./s1. The van der Waals surface area contributed by atoms with E-state index < -0.39 is 0 Å². The van der Waals surface area contributed by atoms with Gasteiger partial charge in [-0.05, 0) is 62.1 Å². The molecule has 2 aliphatic rings. The summed E-state index contributed by atoms with van der Waals surface area (Å²) in [5, 5.41) is 0. The second kappa shape index (κ2) is 13.0. The van der Waals surface area contributed by atoms with Crippen LogP contribution in [0.1, 0.15) is 50.7 Å². The van der Waals surface area contributed by atoms with Crippen molar-refractivity contribution in [2.45, 2.75) is 57.7 Å². The molecular formula is C29H42N2O2. The van der Waals surface area contributed by atoms with Gasteiger partial charge in [-0.2, -0.15) is 5.48 Å². The van der Waals surface area contributed by atoms with E-state index in [1.807, 2.05) is 0 Å². The highest BCUT2D eigenvalue weighted by molar-refractivity contribution is 5.49. The van der Waals surface area contributed by atoms with Gasteiger partial charge in [-0.1, -0.05) is 79.7 Å². The minimum absolute atomic E-state index is 0.0628. The predicted molar refractivity (Wildman–Crippen MR) is 138 cm³/mol. The zero-order valence-corrected chi connectivity index (χ0v) is 20.9. The van der Waals surface area contributed by atoms with Crippen LogP contribution in [0.15, 0.2) is 66.7 Å². The Balaban J connectivity index is 0.000000968. The smallest absolute Gasteiger partial charge is 0.0884 e. The maximum absolute atomic E-state index is 6.16. The van der Waals surface area contributed by atoms with Gasteiger partial charge >= 0.3 is 0 Å². The number of nitrogens with zero attached hydrogens (tertiary/aromatic N) is 1. The molecule has 2 aromatic rings. The Hall–Kier alpha value is -1.98. The monoisotopic (exact) mass is 450 g/mol. The van der Waals surface area contributed by atoms with Crippen molar-refractivity contribution in [2.24, 2.45) is 11.8 Å². The van der Waals surface area contributed by atoms with Crippen molar-refractivity contribution in [1.29, 1.82) is 0 Å². The van der Waals surface area contributed by atoms with Gasteiger partial charge in [-0.3, -0.25) is 9.74 Å². The summed E-state index contributed by atoms with van der Waals surface area (Å²) in [7, 11) is 3.25. The summed E-state index contributed by atoms with van der Waals surface area (Å²) in [5.41, 5.74) is 5.73. The molecule has 1 N–H and O–H groups in total. The quantitative estimate of drug-likeness (QED) is 0.528. The van der Waals surface area contributed by atoms with E-state index in [4.69, 9.17) is 4.84 Å². The normalized spacial score (nSPS) is 27.9. The van der Waals surface area contributed by atoms with Gasteiger partial charge in [0.2, 0.25) is 0 Å². The molecule has 0 aromatic heterocycles. The van der Waals surface area contributed by atoms with E-state index in [2.05, 4.69) is 102 Å². The summed E-state index contributed by atoms with van der Waals surface area (Å²) in [6, 6.07) is 21.8. The Morgan fingerprint density at radius 2 is 1.70 bits per heavy atom. The lowest BCUT2D eigenvalue weighted by Gasteiger charge is -2.39. The Kier molecular flexibility index (Phi) is 10.1. The fourth-order valence-electron chi connectivity index (χ4n) is 5.08. The van der Waals surface area contributed by atoms with Gasteiger partial charge in [0.05, 0.1) is 5.60 Å². The van der Waals surface area contributed by atoms with Gasteiger partial charge in [-0.25, -0.2) is 0 Å². The zero-order chi connectivity index (χ0) is 23.5. The molecule has 0 spiro atoms. The molecule has 4 nitrogen and oxygen atoms in total. The van der Waals surface area contributed by atoms with Gasteiger partial charge in [0.15, 0.2) is 0 Å². The first-order valence-electron chi connectivity index (χ1n) is 12.3. The lowest BCUT2D eigenvalue weighted by Crippen LogP contribution is -2.45. The lowest BCUT2D eigenvalue weighted by molar-refractivity contribution is -0.0980. The summed E-state index contributed by atoms with van der Waals surface area (Å²) in [6.07, 6.45) is 9.47. The number of hydrogen-bond donors (Lipinski definition) is 1. The first kappa shape index (κ1) is 25.6. The van der Waals surface area contributed by atoms with Crippen LogP contribution in [0.5, 0.6) is 0 Å². The summed E-state index contributed by atoms with van der Waals surface area (Å²) in [4.78, 5) is 8.89. The van der Waals surface area contributed by atoms with Crippen LogP contribution in [0.2, 0.25) is 0 Å². The molecule has 180 valence electrons. The molecule has 0 bridgehead atoms. The minimum atomic E-state index is -0.0628. The van der Waals surface area contributed by atoms with E-state index in [-0.39, 0.29) is 5.60 Å². The molecule has 0 radical (unpaired) electrons. The van der Waals surface area contributed by atoms with Gasteiger partial charge in [0, 0.05) is 33.4 Å². The van der Waals surface area contributed by atoms with Gasteiger partial charge in [0.25, 0.3) is 0 Å². The highest BCUT2D eigenvalue weighted by Gasteiger charge is 2.40. The van der Waals surface area contributed by atoms with Crippen molar-refractivity contribution in [2.75, 3.05) is 27.3 Å². The second-order valence-electron chi connectivity index (χ2n) is 9.86. The Morgan fingerprint density at radius 3 is 2.36 bits per heavy atom. The molecule has 1 saturated heterocycles. The van der Waals surface area contributed by atoms with Gasteiger partial charge in [0.1, 0.15) is 0 Å². The van der Waals surface area contributed by atoms with Crippen LogP contribution >= 0.6 is 0 Å². The van der Waals surface area contributed by atoms with E-state index in [0.29, 0.717) is 17.9 Å². The third kappa shape index (κ3) is 8.08. The van der Waals surface area contributed by atoms with Crippen molar-refractivity contribution in [3.63, 3.8) is 0 Å². The molecule has 1 aliphatic heterocycles. The molecule has 4 rings (SSSR count). The molecule has 0 amide bonds. The third-order valence-electron chi connectivity index (χ3n) is 6.97. The molecule has 33 heavy (non-hydrogen) atoms. The predicted octanol–water partition coefficient (Wildman–Crippen LogP) is 5.95. The number of nitrogens with one attached hydrogen (secondary N) is 1. The van der Waals surface area contributed by atoms with Gasteiger partial charge < -0.3 is 4.74 Å². The highest BCUT2D eigenvalue weighted by Crippen LogP contribution is 2.38. The number of methoxy groups -OCH3 is 1. The van der Waals surface area contributed by atoms with Crippen LogP contribution in [0, 0.1) is 11.8 Å². The number of piperidine rings is 1. The van der Waals surface area contributed by atoms with Crippen LogP contribution < -0.4 is 5.48 Å². The van der Waals surface area contributed by atoms with Crippen LogP contribution in [0.3, 0.4) is 0 Å². The van der Waals surface area contributed by atoms with Crippen LogP contribution in [-0.2, 0) is 16.1 Å². The maximum Gasteiger partial charge on any atom is 0.0884 e. The van der Waals surface area contributed by atoms with Crippen molar-refractivity contribution in [3.05, 3.63) is 77.9 Å². The fraction of sp³-hybridized carbons (Fsp3) is 0.517. The van der Waals surface area contributed by atoms with Crippen LogP contribution in [0.25, 0.3) is 6.08 Å². The minimum Gasteiger partial charge on any atom is -0.388 e. The average molecular weight is 451 g/mol. The summed E-state index contributed by atoms with van der Waals surface area (Å²) in [6.45, 7) is 7.84. The number of hydroxylamine groups is 1. The SMILES string of the molecule is CC1CN(C2CCC(C)(ONCc3ccccc3)C2)CC[C@H]1/C=C\c1ccccc1.COC. The van der Waals surface area contributed by atoms with Crippen molar-refractivity contribution >= 4 is 6.08 Å². The Bertz CT molecular complexity index is 826. The first-order chi connectivity index (χ1) is 16.0.